The van der Waals surface area contributed by atoms with Gasteiger partial charge in [-0.15, -0.1) is 0 Å². The van der Waals surface area contributed by atoms with Gasteiger partial charge in [-0.05, 0) is 43.0 Å². The van der Waals surface area contributed by atoms with Crippen molar-refractivity contribution >= 4 is 0 Å². The molecule has 0 saturated heterocycles. The number of hydrogen-bond donors (Lipinski definition) is 1. The summed E-state index contributed by atoms with van der Waals surface area (Å²) in [5.41, 5.74) is 2.70. The topological polar surface area (TPSA) is 25.2 Å². The summed E-state index contributed by atoms with van der Waals surface area (Å²) in [5, 5.41) is 3.63. The summed E-state index contributed by atoms with van der Waals surface area (Å²) in [6.07, 6.45) is 3.84. The van der Waals surface area contributed by atoms with Gasteiger partial charge in [0.05, 0.1) is 12.3 Å². The first-order valence-electron chi connectivity index (χ1n) is 7.12. The predicted molar refractivity (Wildman–Crippen MR) is 79.1 cm³/mol. The van der Waals surface area contributed by atoms with E-state index in [2.05, 4.69) is 50.4 Å². The first-order chi connectivity index (χ1) is 9.24. The fourth-order valence-corrected chi connectivity index (χ4v) is 2.33. The lowest BCUT2D eigenvalue weighted by Crippen LogP contribution is -2.23. The SMILES string of the molecule is CCc1ccc(C(C)NC(CC)c2ccco2)cc1. The molecular weight excluding hydrogens is 234 g/mol. The molecule has 2 heteroatoms. The summed E-state index contributed by atoms with van der Waals surface area (Å²) in [7, 11) is 0. The van der Waals surface area contributed by atoms with Crippen molar-refractivity contribution < 1.29 is 4.42 Å². The van der Waals surface area contributed by atoms with E-state index in [4.69, 9.17) is 4.42 Å². The Balaban J connectivity index is 2.04. The second kappa shape index (κ2) is 6.58. The second-order valence-corrected chi connectivity index (χ2v) is 4.96. The maximum absolute atomic E-state index is 5.50. The summed E-state index contributed by atoms with van der Waals surface area (Å²) >= 11 is 0. The lowest BCUT2D eigenvalue weighted by molar-refractivity contribution is 0.376. The van der Waals surface area contributed by atoms with E-state index < -0.39 is 0 Å². The minimum atomic E-state index is 0.274. The molecule has 0 spiro atoms. The van der Waals surface area contributed by atoms with Gasteiger partial charge in [0.1, 0.15) is 5.76 Å². The molecule has 1 N–H and O–H groups in total. The van der Waals surface area contributed by atoms with Crippen LogP contribution in [0.2, 0.25) is 0 Å². The smallest absolute Gasteiger partial charge is 0.120 e. The average molecular weight is 257 g/mol. The van der Waals surface area contributed by atoms with E-state index in [1.807, 2.05) is 12.1 Å². The van der Waals surface area contributed by atoms with Gasteiger partial charge in [-0.25, -0.2) is 0 Å². The molecule has 0 saturated carbocycles. The molecular formula is C17H23NO. The van der Waals surface area contributed by atoms with Crippen LogP contribution >= 0.6 is 0 Å². The molecule has 0 fully saturated rings. The van der Waals surface area contributed by atoms with Gasteiger partial charge in [0, 0.05) is 6.04 Å². The summed E-state index contributed by atoms with van der Waals surface area (Å²) in [5.74, 6) is 1.01. The minimum absolute atomic E-state index is 0.274. The first kappa shape index (κ1) is 13.9. The zero-order chi connectivity index (χ0) is 13.7. The average Bonchev–Trinajstić information content (AvgIpc) is 2.98. The molecule has 1 aromatic heterocycles. The van der Waals surface area contributed by atoms with Gasteiger partial charge in [-0.2, -0.15) is 0 Å². The third-order valence-electron chi connectivity index (χ3n) is 3.63. The Bertz CT molecular complexity index is 472. The molecule has 0 bridgehead atoms. The number of aryl methyl sites for hydroxylation is 1. The van der Waals surface area contributed by atoms with Gasteiger partial charge in [0.25, 0.3) is 0 Å². The Morgan fingerprint density at radius 3 is 2.37 bits per heavy atom. The maximum atomic E-state index is 5.50. The summed E-state index contributed by atoms with van der Waals surface area (Å²) in [6.45, 7) is 6.56. The predicted octanol–water partition coefficient (Wildman–Crippen LogP) is 4.64. The zero-order valence-electron chi connectivity index (χ0n) is 12.0. The van der Waals surface area contributed by atoms with E-state index in [0.29, 0.717) is 6.04 Å². The standard InChI is InChI=1S/C17H23NO/c1-4-14-8-10-15(11-9-14)13(3)18-16(5-2)17-7-6-12-19-17/h6-13,16,18H,4-5H2,1-3H3. The van der Waals surface area contributed by atoms with Crippen molar-refractivity contribution in [1.29, 1.82) is 0 Å². The van der Waals surface area contributed by atoms with Crippen molar-refractivity contribution in [3.05, 3.63) is 59.5 Å². The van der Waals surface area contributed by atoms with Crippen molar-refractivity contribution in [2.24, 2.45) is 0 Å². The van der Waals surface area contributed by atoms with E-state index >= 15 is 0 Å². The summed E-state index contributed by atoms with van der Waals surface area (Å²) in [6, 6.07) is 13.4. The largest absolute Gasteiger partial charge is 0.468 e. The third kappa shape index (κ3) is 3.48. The molecule has 0 aliphatic rings. The lowest BCUT2D eigenvalue weighted by atomic mass is 10.0. The quantitative estimate of drug-likeness (QED) is 0.815. The Hall–Kier alpha value is -1.54. The molecule has 0 radical (unpaired) electrons. The highest BCUT2D eigenvalue weighted by molar-refractivity contribution is 5.25. The molecule has 2 nitrogen and oxygen atoms in total. The van der Waals surface area contributed by atoms with Crippen molar-refractivity contribution in [2.45, 2.75) is 45.7 Å². The maximum Gasteiger partial charge on any atom is 0.120 e. The van der Waals surface area contributed by atoms with Crippen molar-refractivity contribution in [3.63, 3.8) is 0 Å². The number of nitrogens with one attached hydrogen (secondary N) is 1. The van der Waals surface area contributed by atoms with Crippen molar-refractivity contribution in [3.8, 4) is 0 Å². The Labute approximate surface area is 115 Å². The monoisotopic (exact) mass is 257 g/mol. The highest BCUT2D eigenvalue weighted by Gasteiger charge is 2.15. The minimum Gasteiger partial charge on any atom is -0.468 e. The molecule has 2 aromatic rings. The van der Waals surface area contributed by atoms with Crippen molar-refractivity contribution in [1.82, 2.24) is 5.32 Å². The highest BCUT2D eigenvalue weighted by Crippen LogP contribution is 2.22. The van der Waals surface area contributed by atoms with Gasteiger partial charge in [-0.3, -0.25) is 0 Å². The van der Waals surface area contributed by atoms with Crippen LogP contribution in [0.25, 0.3) is 0 Å². The highest BCUT2D eigenvalue weighted by atomic mass is 16.3. The second-order valence-electron chi connectivity index (χ2n) is 4.96. The van der Waals surface area contributed by atoms with Gasteiger partial charge in [0.15, 0.2) is 0 Å². The van der Waals surface area contributed by atoms with E-state index in [1.165, 1.54) is 11.1 Å². The summed E-state index contributed by atoms with van der Waals surface area (Å²) in [4.78, 5) is 0. The fourth-order valence-electron chi connectivity index (χ4n) is 2.33. The van der Waals surface area contributed by atoms with Crippen LogP contribution in [-0.2, 0) is 6.42 Å². The molecule has 1 aromatic carbocycles. The Morgan fingerprint density at radius 1 is 1.11 bits per heavy atom. The van der Waals surface area contributed by atoms with Gasteiger partial charge in [0.2, 0.25) is 0 Å². The number of hydrogen-bond acceptors (Lipinski definition) is 2. The third-order valence-corrected chi connectivity index (χ3v) is 3.63. The van der Waals surface area contributed by atoms with Crippen LogP contribution in [0.15, 0.2) is 47.1 Å². The molecule has 19 heavy (non-hydrogen) atoms. The Morgan fingerprint density at radius 2 is 1.84 bits per heavy atom. The van der Waals surface area contributed by atoms with E-state index in [1.54, 1.807) is 6.26 Å². The molecule has 0 aliphatic carbocycles. The Kier molecular flexibility index (Phi) is 4.80. The number of rotatable bonds is 6. The van der Waals surface area contributed by atoms with Crippen LogP contribution in [-0.4, -0.2) is 0 Å². The van der Waals surface area contributed by atoms with Gasteiger partial charge in [-0.1, -0.05) is 38.1 Å². The van der Waals surface area contributed by atoms with E-state index in [9.17, 15) is 0 Å². The van der Waals surface area contributed by atoms with Crippen LogP contribution < -0.4 is 5.32 Å². The van der Waals surface area contributed by atoms with Crippen LogP contribution in [0.1, 0.15) is 56.2 Å². The molecule has 0 aliphatic heterocycles. The number of furan rings is 1. The van der Waals surface area contributed by atoms with Gasteiger partial charge >= 0.3 is 0 Å². The van der Waals surface area contributed by atoms with Crippen LogP contribution in [0, 0.1) is 0 Å². The van der Waals surface area contributed by atoms with E-state index in [-0.39, 0.29) is 6.04 Å². The molecule has 1 heterocycles. The van der Waals surface area contributed by atoms with Crippen molar-refractivity contribution in [2.75, 3.05) is 0 Å². The molecule has 102 valence electrons. The summed E-state index contributed by atoms with van der Waals surface area (Å²) < 4.78 is 5.50. The van der Waals surface area contributed by atoms with E-state index in [0.717, 1.165) is 18.6 Å². The zero-order valence-corrected chi connectivity index (χ0v) is 12.0. The molecule has 2 unspecified atom stereocenters. The first-order valence-corrected chi connectivity index (χ1v) is 7.12. The number of benzene rings is 1. The van der Waals surface area contributed by atoms with Crippen LogP contribution in [0.5, 0.6) is 0 Å². The lowest BCUT2D eigenvalue weighted by Gasteiger charge is -2.21. The molecule has 2 atom stereocenters. The van der Waals surface area contributed by atoms with Crippen LogP contribution in [0.4, 0.5) is 0 Å². The van der Waals surface area contributed by atoms with Gasteiger partial charge < -0.3 is 9.73 Å². The molecule has 2 rings (SSSR count). The van der Waals surface area contributed by atoms with Crippen LogP contribution in [0.3, 0.4) is 0 Å². The fraction of sp³-hybridized carbons (Fsp3) is 0.412. The normalized spacial score (nSPS) is 14.3. The molecule has 0 amide bonds.